The van der Waals surface area contributed by atoms with Crippen LogP contribution in [0, 0.1) is 0 Å². The molecule has 0 radical (unpaired) electrons. The number of nitrogens with one attached hydrogen (secondary N) is 1. The Bertz CT molecular complexity index is 1060. The van der Waals surface area contributed by atoms with Gasteiger partial charge in [-0.15, -0.1) is 0 Å². The van der Waals surface area contributed by atoms with Crippen molar-refractivity contribution < 1.29 is 0 Å². The molecule has 0 fully saturated rings. The first kappa shape index (κ1) is 14.3. The van der Waals surface area contributed by atoms with Crippen LogP contribution in [0.3, 0.4) is 0 Å². The van der Waals surface area contributed by atoms with E-state index in [-0.39, 0.29) is 0 Å². The lowest BCUT2D eigenvalue weighted by atomic mass is 9.96. The van der Waals surface area contributed by atoms with E-state index in [1.807, 2.05) is 24.1 Å². The van der Waals surface area contributed by atoms with E-state index in [9.17, 15) is 0 Å². The van der Waals surface area contributed by atoms with E-state index in [0.29, 0.717) is 5.92 Å². The second-order valence-corrected chi connectivity index (χ2v) is 6.66. The molecule has 5 heteroatoms. The van der Waals surface area contributed by atoms with Crippen molar-refractivity contribution in [2.45, 2.75) is 12.5 Å². The standard InChI is InChI=1S/C20H19N5/c1-24-13-16(10-23-24)18-11-22-20-17(18)8-14(9-21-20)12-25-7-6-15-4-2-3-5-19(15)25/h2-10,13,18H,11-12H2,1H3,(H,21,22). The van der Waals surface area contributed by atoms with E-state index in [1.54, 1.807) is 0 Å². The van der Waals surface area contributed by atoms with Crippen molar-refractivity contribution in [3.8, 4) is 0 Å². The summed E-state index contributed by atoms with van der Waals surface area (Å²) in [5.74, 6) is 1.31. The van der Waals surface area contributed by atoms with Crippen LogP contribution in [-0.2, 0) is 13.6 Å². The van der Waals surface area contributed by atoms with Gasteiger partial charge in [-0.05, 0) is 34.7 Å². The van der Waals surface area contributed by atoms with Crippen LogP contribution in [-0.4, -0.2) is 25.9 Å². The van der Waals surface area contributed by atoms with Gasteiger partial charge in [-0.25, -0.2) is 4.98 Å². The number of rotatable bonds is 3. The molecule has 4 heterocycles. The molecule has 0 saturated carbocycles. The minimum absolute atomic E-state index is 0.317. The molecule has 0 bridgehead atoms. The summed E-state index contributed by atoms with van der Waals surface area (Å²) in [4.78, 5) is 4.65. The Morgan fingerprint density at radius 1 is 1.20 bits per heavy atom. The number of anilines is 1. The number of aromatic nitrogens is 4. The predicted octanol–water partition coefficient (Wildman–Crippen LogP) is 3.38. The lowest BCUT2D eigenvalue weighted by Gasteiger charge is -2.10. The second-order valence-electron chi connectivity index (χ2n) is 6.66. The van der Waals surface area contributed by atoms with Crippen LogP contribution in [0.4, 0.5) is 5.82 Å². The lowest BCUT2D eigenvalue weighted by Crippen LogP contribution is -2.03. The average molecular weight is 329 g/mol. The molecule has 5 rings (SSSR count). The Kier molecular flexibility index (Phi) is 3.13. The van der Waals surface area contributed by atoms with Crippen LogP contribution in [0.1, 0.15) is 22.6 Å². The summed E-state index contributed by atoms with van der Waals surface area (Å²) >= 11 is 0. The Morgan fingerprint density at radius 3 is 3.00 bits per heavy atom. The van der Waals surface area contributed by atoms with Crippen LogP contribution in [0.15, 0.2) is 61.2 Å². The van der Waals surface area contributed by atoms with Crippen molar-refractivity contribution in [1.29, 1.82) is 0 Å². The maximum absolute atomic E-state index is 4.65. The molecule has 0 spiro atoms. The predicted molar refractivity (Wildman–Crippen MR) is 98.8 cm³/mol. The normalized spacial score (nSPS) is 16.1. The zero-order chi connectivity index (χ0) is 16.8. The summed E-state index contributed by atoms with van der Waals surface area (Å²) in [7, 11) is 1.96. The van der Waals surface area contributed by atoms with Gasteiger partial charge in [0.25, 0.3) is 0 Å². The smallest absolute Gasteiger partial charge is 0.129 e. The third-order valence-corrected chi connectivity index (χ3v) is 4.98. The van der Waals surface area contributed by atoms with E-state index in [1.165, 1.54) is 27.6 Å². The van der Waals surface area contributed by atoms with Crippen LogP contribution in [0.5, 0.6) is 0 Å². The van der Waals surface area contributed by atoms with Crippen molar-refractivity contribution >= 4 is 16.7 Å². The number of nitrogens with zero attached hydrogens (tertiary/aromatic N) is 4. The molecule has 1 atom stereocenters. The molecule has 1 aliphatic heterocycles. The number of hydrogen-bond acceptors (Lipinski definition) is 3. The van der Waals surface area contributed by atoms with Crippen molar-refractivity contribution in [3.63, 3.8) is 0 Å². The van der Waals surface area contributed by atoms with Crippen molar-refractivity contribution in [1.82, 2.24) is 19.3 Å². The van der Waals surface area contributed by atoms with Crippen molar-refractivity contribution in [2.75, 3.05) is 11.9 Å². The molecule has 1 unspecified atom stereocenters. The lowest BCUT2D eigenvalue weighted by molar-refractivity contribution is 0.765. The van der Waals surface area contributed by atoms with Gasteiger partial charge in [-0.3, -0.25) is 4.68 Å². The molecule has 1 aromatic carbocycles. The number of para-hydroxylation sites is 1. The highest BCUT2D eigenvalue weighted by molar-refractivity contribution is 5.80. The van der Waals surface area contributed by atoms with E-state index in [4.69, 9.17) is 0 Å². The average Bonchev–Trinajstić information content (AvgIpc) is 3.33. The number of fused-ring (bicyclic) bond motifs is 2. The van der Waals surface area contributed by atoms with Gasteiger partial charge in [0.1, 0.15) is 5.82 Å². The second kappa shape index (κ2) is 5.48. The van der Waals surface area contributed by atoms with Crippen molar-refractivity contribution in [2.24, 2.45) is 7.05 Å². The van der Waals surface area contributed by atoms with Gasteiger partial charge in [0, 0.05) is 55.7 Å². The fourth-order valence-electron chi connectivity index (χ4n) is 3.73. The number of hydrogen-bond donors (Lipinski definition) is 1. The highest BCUT2D eigenvalue weighted by Crippen LogP contribution is 2.35. The SMILES string of the molecule is Cn1cc(C2CNc3ncc(Cn4ccc5ccccc54)cc32)cn1. The first-order valence-electron chi connectivity index (χ1n) is 8.53. The summed E-state index contributed by atoms with van der Waals surface area (Å²) in [5.41, 5.74) is 4.98. The third-order valence-electron chi connectivity index (χ3n) is 4.98. The van der Waals surface area contributed by atoms with Gasteiger partial charge in [0.15, 0.2) is 0 Å². The van der Waals surface area contributed by atoms with Gasteiger partial charge < -0.3 is 9.88 Å². The minimum Gasteiger partial charge on any atom is -0.369 e. The quantitative estimate of drug-likeness (QED) is 0.627. The molecule has 124 valence electrons. The maximum Gasteiger partial charge on any atom is 0.129 e. The molecule has 0 saturated heterocycles. The fourth-order valence-corrected chi connectivity index (χ4v) is 3.73. The highest BCUT2D eigenvalue weighted by atomic mass is 15.2. The molecular formula is C20H19N5. The van der Waals surface area contributed by atoms with Gasteiger partial charge in [-0.1, -0.05) is 18.2 Å². The van der Waals surface area contributed by atoms with E-state index in [0.717, 1.165) is 18.9 Å². The topological polar surface area (TPSA) is 47.7 Å². The minimum atomic E-state index is 0.317. The highest BCUT2D eigenvalue weighted by Gasteiger charge is 2.26. The van der Waals surface area contributed by atoms with E-state index < -0.39 is 0 Å². The van der Waals surface area contributed by atoms with Gasteiger partial charge >= 0.3 is 0 Å². The Labute approximate surface area is 145 Å². The van der Waals surface area contributed by atoms with Gasteiger partial charge in [0.2, 0.25) is 0 Å². The summed E-state index contributed by atoms with van der Waals surface area (Å²) in [6, 6.07) is 12.9. The van der Waals surface area contributed by atoms with Gasteiger partial charge in [-0.2, -0.15) is 5.10 Å². The number of pyridine rings is 1. The van der Waals surface area contributed by atoms with E-state index >= 15 is 0 Å². The summed E-state index contributed by atoms with van der Waals surface area (Å²) in [6.45, 7) is 1.71. The molecule has 0 amide bonds. The molecule has 3 aromatic heterocycles. The molecule has 5 nitrogen and oxygen atoms in total. The molecule has 25 heavy (non-hydrogen) atoms. The van der Waals surface area contributed by atoms with Gasteiger partial charge in [0.05, 0.1) is 6.20 Å². The monoisotopic (exact) mass is 329 g/mol. The third kappa shape index (κ3) is 2.39. The first-order chi connectivity index (χ1) is 12.3. The zero-order valence-corrected chi connectivity index (χ0v) is 14.1. The molecule has 1 aliphatic rings. The van der Waals surface area contributed by atoms with Crippen LogP contribution >= 0.6 is 0 Å². The maximum atomic E-state index is 4.65. The largest absolute Gasteiger partial charge is 0.369 e. The molecule has 4 aromatic rings. The number of aryl methyl sites for hydroxylation is 1. The number of benzene rings is 1. The van der Waals surface area contributed by atoms with Crippen LogP contribution in [0.25, 0.3) is 10.9 Å². The zero-order valence-electron chi connectivity index (χ0n) is 14.1. The fraction of sp³-hybridized carbons (Fsp3) is 0.200. The summed E-state index contributed by atoms with van der Waals surface area (Å²) in [6.07, 6.45) is 8.17. The van der Waals surface area contributed by atoms with Crippen molar-refractivity contribution in [3.05, 3.63) is 77.9 Å². The summed E-state index contributed by atoms with van der Waals surface area (Å²) < 4.78 is 4.14. The van der Waals surface area contributed by atoms with Crippen LogP contribution in [0.2, 0.25) is 0 Å². The Hall–Kier alpha value is -3.08. The van der Waals surface area contributed by atoms with Crippen LogP contribution < -0.4 is 5.32 Å². The Balaban J connectivity index is 1.50. The summed E-state index contributed by atoms with van der Waals surface area (Å²) in [5, 5.41) is 9.00. The van der Waals surface area contributed by atoms with E-state index in [2.05, 4.69) is 68.8 Å². The molecule has 1 N–H and O–H groups in total. The molecular weight excluding hydrogens is 310 g/mol. The first-order valence-corrected chi connectivity index (χ1v) is 8.53. The molecule has 0 aliphatic carbocycles. The Morgan fingerprint density at radius 2 is 2.12 bits per heavy atom.